The second-order valence-corrected chi connectivity index (χ2v) is 6.46. The number of aliphatic hydroxyl groups is 3. The first kappa shape index (κ1) is 15.6. The van der Waals surface area contributed by atoms with Gasteiger partial charge >= 0.3 is 0 Å². The molecule has 24 heavy (non-hydrogen) atoms. The Morgan fingerprint density at radius 2 is 2.12 bits per heavy atom. The zero-order valence-electron chi connectivity index (χ0n) is 12.3. The van der Waals surface area contributed by atoms with Crippen LogP contribution in [-0.2, 0) is 4.74 Å². The second kappa shape index (κ2) is 5.87. The van der Waals surface area contributed by atoms with Gasteiger partial charge in [0.05, 0.1) is 22.6 Å². The van der Waals surface area contributed by atoms with Crippen LogP contribution in [0.5, 0.6) is 0 Å². The van der Waals surface area contributed by atoms with E-state index in [1.807, 2.05) is 17.5 Å². The summed E-state index contributed by atoms with van der Waals surface area (Å²) in [5, 5.41) is 31.4. The third-order valence-electron chi connectivity index (χ3n) is 4.11. The second-order valence-electron chi connectivity index (χ2n) is 5.51. The van der Waals surface area contributed by atoms with Crippen molar-refractivity contribution < 1.29 is 24.4 Å². The largest absolute Gasteiger partial charge is 0.394 e. The van der Waals surface area contributed by atoms with Gasteiger partial charge in [0.1, 0.15) is 30.3 Å². The van der Waals surface area contributed by atoms with Crippen molar-refractivity contribution in [3.8, 4) is 10.6 Å². The molecule has 126 valence electrons. The number of fused-ring (bicyclic) bond motifs is 1. The van der Waals surface area contributed by atoms with E-state index in [0.717, 1.165) is 11.1 Å². The lowest BCUT2D eigenvalue weighted by atomic mass is 10.1. The first-order valence-electron chi connectivity index (χ1n) is 7.29. The molecule has 0 saturated carbocycles. The predicted molar refractivity (Wildman–Crippen MR) is 83.8 cm³/mol. The van der Waals surface area contributed by atoms with Gasteiger partial charge in [0.15, 0.2) is 12.0 Å². The minimum atomic E-state index is -1.31. The third-order valence-corrected chi connectivity index (χ3v) is 4.99. The molecule has 3 aromatic heterocycles. The summed E-state index contributed by atoms with van der Waals surface area (Å²) < 4.78 is 21.4. The van der Waals surface area contributed by atoms with Crippen LogP contribution in [0.3, 0.4) is 0 Å². The number of nitrogens with zero attached hydrogens (tertiary/aromatic N) is 3. The standard InChI is InChI=1S/C15H14FN3O4S/c16-7-4-19(15-13(22)12(21)8(5-20)23-15)14-10(7)11(17-6-18-14)9-2-1-3-24-9/h1-4,6,8,12-13,15,20-22H,5H2/t8-,12-,13-,15-/m1/s1. The molecule has 3 N–H and O–H groups in total. The Balaban J connectivity index is 1.86. The number of ether oxygens (including phenoxy) is 1. The minimum absolute atomic E-state index is 0.220. The smallest absolute Gasteiger partial charge is 0.164 e. The van der Waals surface area contributed by atoms with Gasteiger partial charge in [0, 0.05) is 6.20 Å². The molecule has 0 amide bonds. The molecular weight excluding hydrogens is 337 g/mol. The molecule has 4 atom stereocenters. The number of rotatable bonds is 3. The maximum atomic E-state index is 14.6. The van der Waals surface area contributed by atoms with Crippen molar-refractivity contribution in [1.29, 1.82) is 0 Å². The summed E-state index contributed by atoms with van der Waals surface area (Å²) in [6.07, 6.45) is -2.08. The Hall–Kier alpha value is -1.91. The quantitative estimate of drug-likeness (QED) is 0.649. The van der Waals surface area contributed by atoms with Gasteiger partial charge in [-0.2, -0.15) is 0 Å². The number of hydrogen-bond acceptors (Lipinski definition) is 7. The molecule has 1 aliphatic heterocycles. The fourth-order valence-electron chi connectivity index (χ4n) is 2.94. The highest BCUT2D eigenvalue weighted by atomic mass is 32.1. The summed E-state index contributed by atoms with van der Waals surface area (Å²) in [6.45, 7) is -0.453. The monoisotopic (exact) mass is 351 g/mol. The SMILES string of the molecule is OC[C@H]1O[C@@H](n2cc(F)c3c(-c4cccs4)ncnc32)[C@H](O)[C@@H]1O. The lowest BCUT2D eigenvalue weighted by Gasteiger charge is -2.17. The van der Waals surface area contributed by atoms with E-state index < -0.39 is 37.0 Å². The molecule has 3 aromatic rings. The fraction of sp³-hybridized carbons (Fsp3) is 0.333. The third kappa shape index (κ3) is 2.25. The van der Waals surface area contributed by atoms with Crippen molar-refractivity contribution >= 4 is 22.4 Å². The molecule has 1 aliphatic rings. The van der Waals surface area contributed by atoms with E-state index in [-0.39, 0.29) is 11.0 Å². The van der Waals surface area contributed by atoms with Crippen LogP contribution in [0.2, 0.25) is 0 Å². The van der Waals surface area contributed by atoms with Crippen LogP contribution >= 0.6 is 11.3 Å². The van der Waals surface area contributed by atoms with Crippen LogP contribution in [0.25, 0.3) is 21.6 Å². The summed E-state index contributed by atoms with van der Waals surface area (Å²) in [7, 11) is 0. The molecule has 4 rings (SSSR count). The van der Waals surface area contributed by atoms with Gasteiger partial charge in [0.25, 0.3) is 0 Å². The van der Waals surface area contributed by atoms with Gasteiger partial charge in [-0.15, -0.1) is 11.3 Å². The highest BCUT2D eigenvalue weighted by Crippen LogP contribution is 2.36. The minimum Gasteiger partial charge on any atom is -0.394 e. The molecule has 1 fully saturated rings. The van der Waals surface area contributed by atoms with Gasteiger partial charge in [-0.1, -0.05) is 6.07 Å². The van der Waals surface area contributed by atoms with Crippen molar-refractivity contribution in [2.75, 3.05) is 6.61 Å². The first-order chi connectivity index (χ1) is 11.6. The molecule has 7 nitrogen and oxygen atoms in total. The van der Waals surface area contributed by atoms with E-state index in [9.17, 15) is 19.7 Å². The fourth-order valence-corrected chi connectivity index (χ4v) is 3.67. The van der Waals surface area contributed by atoms with Crippen LogP contribution in [0.1, 0.15) is 6.23 Å². The van der Waals surface area contributed by atoms with E-state index in [1.165, 1.54) is 22.2 Å². The maximum Gasteiger partial charge on any atom is 0.164 e. The lowest BCUT2D eigenvalue weighted by molar-refractivity contribution is -0.0510. The first-order valence-corrected chi connectivity index (χ1v) is 8.17. The van der Waals surface area contributed by atoms with E-state index in [0.29, 0.717) is 5.69 Å². The highest BCUT2D eigenvalue weighted by molar-refractivity contribution is 7.13. The normalized spacial score (nSPS) is 27.2. The maximum absolute atomic E-state index is 14.6. The van der Waals surface area contributed by atoms with Crippen molar-refractivity contribution in [3.63, 3.8) is 0 Å². The average molecular weight is 351 g/mol. The number of thiophene rings is 1. The molecule has 0 radical (unpaired) electrons. The van der Waals surface area contributed by atoms with E-state index in [2.05, 4.69) is 9.97 Å². The topological polar surface area (TPSA) is 101 Å². The highest BCUT2D eigenvalue weighted by Gasteiger charge is 2.44. The van der Waals surface area contributed by atoms with Crippen LogP contribution in [0.15, 0.2) is 30.0 Å². The van der Waals surface area contributed by atoms with Crippen molar-refractivity contribution in [2.24, 2.45) is 0 Å². The average Bonchev–Trinajstić information content (AvgIpc) is 3.29. The number of aliphatic hydroxyl groups excluding tert-OH is 3. The molecule has 9 heteroatoms. The molecule has 0 unspecified atom stereocenters. The summed E-state index contributed by atoms with van der Waals surface area (Å²) >= 11 is 1.43. The number of aromatic nitrogens is 3. The van der Waals surface area contributed by atoms with Gasteiger partial charge in [-0.3, -0.25) is 0 Å². The number of hydrogen-bond donors (Lipinski definition) is 3. The Morgan fingerprint density at radius 3 is 2.79 bits per heavy atom. The number of halogens is 1. The molecule has 0 bridgehead atoms. The van der Waals surface area contributed by atoms with Gasteiger partial charge < -0.3 is 24.6 Å². The zero-order valence-corrected chi connectivity index (χ0v) is 13.1. The Bertz CT molecular complexity index is 869. The van der Waals surface area contributed by atoms with Gasteiger partial charge in [-0.05, 0) is 11.4 Å². The lowest BCUT2D eigenvalue weighted by Crippen LogP contribution is -2.33. The van der Waals surface area contributed by atoms with Crippen LogP contribution in [0, 0.1) is 5.82 Å². The molecule has 0 spiro atoms. The van der Waals surface area contributed by atoms with E-state index in [4.69, 9.17) is 4.74 Å². The molecule has 0 aromatic carbocycles. The summed E-state index contributed by atoms with van der Waals surface area (Å²) in [5.74, 6) is -0.549. The van der Waals surface area contributed by atoms with E-state index >= 15 is 0 Å². The molecule has 4 heterocycles. The van der Waals surface area contributed by atoms with Gasteiger partial charge in [0.2, 0.25) is 0 Å². The molecule has 1 saturated heterocycles. The molecular formula is C15H14FN3O4S. The van der Waals surface area contributed by atoms with Crippen molar-refractivity contribution in [3.05, 3.63) is 35.9 Å². The Morgan fingerprint density at radius 1 is 1.29 bits per heavy atom. The summed E-state index contributed by atoms with van der Waals surface area (Å²) in [6, 6.07) is 3.67. The summed E-state index contributed by atoms with van der Waals surface area (Å²) in [5.41, 5.74) is 0.707. The van der Waals surface area contributed by atoms with Gasteiger partial charge in [-0.25, -0.2) is 14.4 Å². The van der Waals surface area contributed by atoms with Crippen molar-refractivity contribution in [1.82, 2.24) is 14.5 Å². The van der Waals surface area contributed by atoms with Crippen LogP contribution in [0.4, 0.5) is 4.39 Å². The molecule has 0 aliphatic carbocycles. The zero-order chi connectivity index (χ0) is 16.8. The van der Waals surface area contributed by atoms with Crippen LogP contribution in [-0.4, -0.2) is 54.8 Å². The van der Waals surface area contributed by atoms with Crippen LogP contribution < -0.4 is 0 Å². The van der Waals surface area contributed by atoms with Crippen molar-refractivity contribution in [2.45, 2.75) is 24.5 Å². The van der Waals surface area contributed by atoms with E-state index in [1.54, 1.807) is 0 Å². The Kier molecular flexibility index (Phi) is 3.82. The Labute approximate surface area is 139 Å². The summed E-state index contributed by atoms with van der Waals surface area (Å²) in [4.78, 5) is 9.07. The predicted octanol–water partition coefficient (Wildman–Crippen LogP) is 0.910.